The molecule has 25 heavy (non-hydrogen) atoms. The lowest BCUT2D eigenvalue weighted by molar-refractivity contribution is -0.384. The standard InChI is InChI=1S/C18H16N2O5/c1-25-18(22)14-7-13(9-16(10-14)20(23)24)17(21)19-15-6-5-11-3-2-4-12(11)8-15/h5-10H,2-4H2,1H3,(H,19,21). The van der Waals surface area contributed by atoms with Crippen molar-refractivity contribution < 1.29 is 19.2 Å². The zero-order valence-electron chi connectivity index (χ0n) is 13.6. The average molecular weight is 340 g/mol. The van der Waals surface area contributed by atoms with E-state index in [4.69, 9.17) is 0 Å². The van der Waals surface area contributed by atoms with Gasteiger partial charge >= 0.3 is 5.97 Å². The highest BCUT2D eigenvalue weighted by Crippen LogP contribution is 2.25. The number of aryl methyl sites for hydroxylation is 2. The molecule has 0 aliphatic heterocycles. The average Bonchev–Trinajstić information content (AvgIpc) is 3.08. The SMILES string of the molecule is COC(=O)c1cc(C(=O)Nc2ccc3c(c2)CCC3)cc([N+](=O)[O-])c1. The number of nitro groups is 1. The number of amides is 1. The van der Waals surface area contributed by atoms with E-state index < -0.39 is 16.8 Å². The van der Waals surface area contributed by atoms with E-state index in [0.29, 0.717) is 5.69 Å². The van der Waals surface area contributed by atoms with Gasteiger partial charge in [-0.3, -0.25) is 14.9 Å². The molecule has 7 nitrogen and oxygen atoms in total. The number of esters is 1. The van der Waals surface area contributed by atoms with Crippen molar-refractivity contribution in [1.82, 2.24) is 0 Å². The third-order valence-corrected chi connectivity index (χ3v) is 4.17. The molecule has 1 aliphatic carbocycles. The normalized spacial score (nSPS) is 12.4. The fraction of sp³-hybridized carbons (Fsp3) is 0.222. The lowest BCUT2D eigenvalue weighted by Gasteiger charge is -2.08. The topological polar surface area (TPSA) is 98.5 Å². The van der Waals surface area contributed by atoms with Gasteiger partial charge in [-0.1, -0.05) is 6.07 Å². The zero-order valence-corrected chi connectivity index (χ0v) is 13.6. The summed E-state index contributed by atoms with van der Waals surface area (Å²) in [4.78, 5) is 34.5. The Morgan fingerprint density at radius 2 is 1.80 bits per heavy atom. The molecule has 2 aromatic rings. The third kappa shape index (κ3) is 3.50. The van der Waals surface area contributed by atoms with Gasteiger partial charge < -0.3 is 10.1 Å². The number of nitro benzene ring substituents is 1. The van der Waals surface area contributed by atoms with Crippen LogP contribution in [-0.2, 0) is 17.6 Å². The predicted octanol–water partition coefficient (Wildman–Crippen LogP) is 3.12. The maximum atomic E-state index is 12.5. The predicted molar refractivity (Wildman–Crippen MR) is 90.9 cm³/mol. The Hall–Kier alpha value is -3.22. The number of hydrogen-bond acceptors (Lipinski definition) is 5. The molecular weight excluding hydrogens is 324 g/mol. The largest absolute Gasteiger partial charge is 0.465 e. The minimum atomic E-state index is -0.740. The Morgan fingerprint density at radius 1 is 1.08 bits per heavy atom. The Labute approximate surface area is 143 Å². The number of anilines is 1. The number of nitrogens with one attached hydrogen (secondary N) is 1. The van der Waals surface area contributed by atoms with Crippen molar-refractivity contribution >= 4 is 23.3 Å². The summed E-state index contributed by atoms with van der Waals surface area (Å²) in [7, 11) is 1.17. The van der Waals surface area contributed by atoms with Gasteiger partial charge in [-0.05, 0) is 48.6 Å². The summed E-state index contributed by atoms with van der Waals surface area (Å²) >= 11 is 0. The lowest BCUT2D eigenvalue weighted by atomic mass is 10.1. The molecule has 128 valence electrons. The molecule has 0 saturated carbocycles. The van der Waals surface area contributed by atoms with Crippen LogP contribution in [0.25, 0.3) is 0 Å². The molecule has 0 heterocycles. The molecule has 2 aromatic carbocycles. The number of methoxy groups -OCH3 is 1. The summed E-state index contributed by atoms with van der Waals surface area (Å²) in [5.74, 6) is -1.26. The van der Waals surface area contributed by atoms with Gasteiger partial charge in [0.2, 0.25) is 0 Å². The van der Waals surface area contributed by atoms with Crippen molar-refractivity contribution in [2.75, 3.05) is 12.4 Å². The number of hydrogen-bond donors (Lipinski definition) is 1. The number of nitrogens with zero attached hydrogens (tertiary/aromatic N) is 1. The molecule has 1 aliphatic rings. The number of ether oxygens (including phenoxy) is 1. The van der Waals surface area contributed by atoms with E-state index in [-0.39, 0.29) is 16.8 Å². The Kier molecular flexibility index (Phi) is 4.47. The first-order valence-electron chi connectivity index (χ1n) is 7.79. The Balaban J connectivity index is 1.89. The number of carbonyl (C=O) groups is 2. The maximum absolute atomic E-state index is 12.5. The fourth-order valence-electron chi connectivity index (χ4n) is 2.94. The van der Waals surface area contributed by atoms with Crippen LogP contribution in [0, 0.1) is 10.1 Å². The summed E-state index contributed by atoms with van der Waals surface area (Å²) in [5.41, 5.74) is 2.73. The molecule has 3 rings (SSSR count). The van der Waals surface area contributed by atoms with Gasteiger partial charge in [0.1, 0.15) is 0 Å². The highest BCUT2D eigenvalue weighted by Gasteiger charge is 2.19. The molecule has 0 fully saturated rings. The molecule has 7 heteroatoms. The second-order valence-corrected chi connectivity index (χ2v) is 5.81. The summed E-state index contributed by atoms with van der Waals surface area (Å²) in [5, 5.41) is 13.8. The molecule has 0 radical (unpaired) electrons. The van der Waals surface area contributed by atoms with Crippen LogP contribution in [0.2, 0.25) is 0 Å². The number of rotatable bonds is 4. The number of carbonyl (C=O) groups excluding carboxylic acids is 2. The monoisotopic (exact) mass is 340 g/mol. The van der Waals surface area contributed by atoms with Crippen LogP contribution in [0.3, 0.4) is 0 Å². The second-order valence-electron chi connectivity index (χ2n) is 5.81. The summed E-state index contributed by atoms with van der Waals surface area (Å²) in [6.45, 7) is 0. The smallest absolute Gasteiger partial charge is 0.338 e. The molecule has 0 bridgehead atoms. The first-order valence-corrected chi connectivity index (χ1v) is 7.79. The minimum Gasteiger partial charge on any atom is -0.465 e. The Morgan fingerprint density at radius 3 is 2.52 bits per heavy atom. The van der Waals surface area contributed by atoms with E-state index in [1.54, 1.807) is 6.07 Å². The van der Waals surface area contributed by atoms with E-state index in [2.05, 4.69) is 10.1 Å². The highest BCUT2D eigenvalue weighted by molar-refractivity contribution is 6.06. The maximum Gasteiger partial charge on any atom is 0.338 e. The van der Waals surface area contributed by atoms with Crippen molar-refractivity contribution in [3.05, 3.63) is 68.8 Å². The molecule has 0 saturated heterocycles. The van der Waals surface area contributed by atoms with Crippen molar-refractivity contribution in [3.63, 3.8) is 0 Å². The van der Waals surface area contributed by atoms with E-state index in [1.807, 2.05) is 12.1 Å². The van der Waals surface area contributed by atoms with E-state index in [9.17, 15) is 19.7 Å². The van der Waals surface area contributed by atoms with Crippen LogP contribution < -0.4 is 5.32 Å². The zero-order chi connectivity index (χ0) is 18.0. The first kappa shape index (κ1) is 16.6. The van der Waals surface area contributed by atoms with E-state index in [0.717, 1.165) is 31.4 Å². The van der Waals surface area contributed by atoms with Gasteiger partial charge in [0.15, 0.2) is 0 Å². The van der Waals surface area contributed by atoms with Crippen LogP contribution in [0.1, 0.15) is 38.3 Å². The van der Waals surface area contributed by atoms with Crippen molar-refractivity contribution in [3.8, 4) is 0 Å². The van der Waals surface area contributed by atoms with Gasteiger partial charge in [0.05, 0.1) is 17.6 Å². The van der Waals surface area contributed by atoms with Gasteiger partial charge in [-0.25, -0.2) is 4.79 Å². The summed E-state index contributed by atoms with van der Waals surface area (Å²) < 4.78 is 4.58. The fourth-order valence-corrected chi connectivity index (χ4v) is 2.94. The molecule has 0 aromatic heterocycles. The molecule has 1 N–H and O–H groups in total. The van der Waals surface area contributed by atoms with Gasteiger partial charge in [0, 0.05) is 23.4 Å². The lowest BCUT2D eigenvalue weighted by Crippen LogP contribution is -2.14. The van der Waals surface area contributed by atoms with Crippen LogP contribution in [0.5, 0.6) is 0 Å². The van der Waals surface area contributed by atoms with Crippen molar-refractivity contribution in [2.45, 2.75) is 19.3 Å². The summed E-state index contributed by atoms with van der Waals surface area (Å²) in [6.07, 6.45) is 3.11. The van der Waals surface area contributed by atoms with Gasteiger partial charge in [-0.2, -0.15) is 0 Å². The van der Waals surface area contributed by atoms with Crippen LogP contribution >= 0.6 is 0 Å². The summed E-state index contributed by atoms with van der Waals surface area (Å²) in [6, 6.07) is 9.19. The van der Waals surface area contributed by atoms with Crippen molar-refractivity contribution in [1.29, 1.82) is 0 Å². The van der Waals surface area contributed by atoms with Crippen LogP contribution in [0.15, 0.2) is 36.4 Å². The molecule has 0 unspecified atom stereocenters. The molecular formula is C18H16N2O5. The molecule has 0 spiro atoms. The van der Waals surface area contributed by atoms with E-state index in [1.165, 1.54) is 24.3 Å². The van der Waals surface area contributed by atoms with Crippen molar-refractivity contribution in [2.24, 2.45) is 0 Å². The van der Waals surface area contributed by atoms with Gasteiger partial charge in [-0.15, -0.1) is 0 Å². The van der Waals surface area contributed by atoms with Gasteiger partial charge in [0.25, 0.3) is 11.6 Å². The Bertz CT molecular complexity index is 876. The van der Waals surface area contributed by atoms with Crippen LogP contribution in [0.4, 0.5) is 11.4 Å². The first-order chi connectivity index (χ1) is 12.0. The molecule has 0 atom stereocenters. The number of non-ortho nitro benzene ring substituents is 1. The van der Waals surface area contributed by atoms with E-state index >= 15 is 0 Å². The molecule has 1 amide bonds. The second kappa shape index (κ2) is 6.72. The minimum absolute atomic E-state index is 0.0232. The number of fused-ring (bicyclic) bond motifs is 1. The third-order valence-electron chi connectivity index (χ3n) is 4.17. The van der Waals surface area contributed by atoms with Crippen LogP contribution in [-0.4, -0.2) is 23.9 Å². The number of benzene rings is 2. The quantitative estimate of drug-likeness (QED) is 0.524. The highest BCUT2D eigenvalue weighted by atomic mass is 16.6.